The molecule has 0 bridgehead atoms. The summed E-state index contributed by atoms with van der Waals surface area (Å²) in [5.41, 5.74) is 7.73. The van der Waals surface area contributed by atoms with Crippen LogP contribution in [0, 0.1) is 0 Å². The van der Waals surface area contributed by atoms with Crippen molar-refractivity contribution in [3.05, 3.63) is 30.7 Å². The zero-order valence-electron chi connectivity index (χ0n) is 10.8. The maximum Gasteiger partial charge on any atom is 0.222 e. The lowest BCUT2D eigenvalue weighted by atomic mass is 10.0. The van der Waals surface area contributed by atoms with Crippen molar-refractivity contribution in [2.24, 2.45) is 5.73 Å². The lowest BCUT2D eigenvalue weighted by Gasteiger charge is -2.18. The highest BCUT2D eigenvalue weighted by Crippen LogP contribution is 2.15. The molecule has 0 aliphatic carbocycles. The molecule has 0 spiro atoms. The average molecular weight is 245 g/mol. The summed E-state index contributed by atoms with van der Waals surface area (Å²) in [6, 6.07) is 3.94. The normalized spacial score (nSPS) is 11.5. The third-order valence-corrected chi connectivity index (χ3v) is 2.61. The van der Waals surface area contributed by atoms with Gasteiger partial charge in [-0.2, -0.15) is 0 Å². The summed E-state index contributed by atoms with van der Waals surface area (Å²) < 4.78 is 0. The lowest BCUT2D eigenvalue weighted by molar-refractivity contribution is 0.490. The second-order valence-corrected chi connectivity index (χ2v) is 5.04. The fourth-order valence-corrected chi connectivity index (χ4v) is 1.56. The predicted octanol–water partition coefficient (Wildman–Crippen LogP) is 2.01. The van der Waals surface area contributed by atoms with E-state index < -0.39 is 0 Å². The number of nitrogens with zero attached hydrogens (tertiary/aromatic N) is 2. The van der Waals surface area contributed by atoms with Gasteiger partial charge in [0.1, 0.15) is 0 Å². The summed E-state index contributed by atoms with van der Waals surface area (Å²) in [4.78, 5) is 11.7. The highest BCUT2D eigenvalue weighted by molar-refractivity contribution is 5.57. The summed E-state index contributed by atoms with van der Waals surface area (Å²) in [7, 11) is 0. The van der Waals surface area contributed by atoms with E-state index >= 15 is 0 Å². The van der Waals surface area contributed by atoms with Crippen LogP contribution in [0.4, 0.5) is 5.95 Å². The third-order valence-electron chi connectivity index (χ3n) is 2.61. The Kier molecular flexibility index (Phi) is 3.62. The van der Waals surface area contributed by atoms with Crippen LogP contribution in [0.3, 0.4) is 0 Å². The van der Waals surface area contributed by atoms with Gasteiger partial charge in [0.2, 0.25) is 5.95 Å². The molecule has 0 atom stereocenters. The highest BCUT2D eigenvalue weighted by Gasteiger charge is 2.09. The van der Waals surface area contributed by atoms with Gasteiger partial charge in [-0.3, -0.25) is 0 Å². The molecule has 2 heterocycles. The van der Waals surface area contributed by atoms with Crippen LogP contribution in [0.1, 0.15) is 20.3 Å². The van der Waals surface area contributed by atoms with Crippen LogP contribution in [0.2, 0.25) is 0 Å². The van der Waals surface area contributed by atoms with Gasteiger partial charge >= 0.3 is 0 Å². The maximum absolute atomic E-state index is 5.90. The summed E-state index contributed by atoms with van der Waals surface area (Å²) in [6.07, 6.45) is 6.35. The zero-order valence-corrected chi connectivity index (χ0v) is 10.8. The van der Waals surface area contributed by atoms with Crippen LogP contribution in [0.5, 0.6) is 0 Å². The Morgan fingerprint density at radius 2 is 2.06 bits per heavy atom. The number of aromatic nitrogens is 3. The Hall–Kier alpha value is -1.88. The molecule has 2 aromatic heterocycles. The molecular weight excluding hydrogens is 226 g/mol. The van der Waals surface area contributed by atoms with E-state index in [9.17, 15) is 0 Å². The van der Waals surface area contributed by atoms with E-state index in [0.29, 0.717) is 5.95 Å². The summed E-state index contributed by atoms with van der Waals surface area (Å²) in [6.45, 7) is 4.78. The Bertz CT molecular complexity index is 467. The number of anilines is 1. The first-order chi connectivity index (χ1) is 8.54. The van der Waals surface area contributed by atoms with E-state index in [-0.39, 0.29) is 5.54 Å². The zero-order chi connectivity index (χ0) is 13.0. The molecule has 0 aromatic carbocycles. The molecule has 0 amide bonds. The van der Waals surface area contributed by atoms with Crippen LogP contribution < -0.4 is 11.1 Å². The molecule has 0 unspecified atom stereocenters. The number of rotatable bonds is 5. The van der Waals surface area contributed by atoms with Gasteiger partial charge in [-0.1, -0.05) is 0 Å². The van der Waals surface area contributed by atoms with Crippen LogP contribution >= 0.6 is 0 Å². The number of hydrogen-bond acceptors (Lipinski definition) is 4. The van der Waals surface area contributed by atoms with Crippen molar-refractivity contribution in [1.29, 1.82) is 0 Å². The van der Waals surface area contributed by atoms with Crippen molar-refractivity contribution in [2.45, 2.75) is 25.8 Å². The number of aromatic amines is 1. The van der Waals surface area contributed by atoms with E-state index in [4.69, 9.17) is 5.73 Å². The van der Waals surface area contributed by atoms with Crippen LogP contribution in [0.25, 0.3) is 11.3 Å². The molecule has 5 nitrogen and oxygen atoms in total. The second-order valence-electron chi connectivity index (χ2n) is 5.04. The van der Waals surface area contributed by atoms with Crippen molar-refractivity contribution in [3.8, 4) is 11.3 Å². The first-order valence-electron chi connectivity index (χ1n) is 6.03. The van der Waals surface area contributed by atoms with E-state index in [1.165, 1.54) is 0 Å². The fourth-order valence-electron chi connectivity index (χ4n) is 1.56. The molecule has 4 N–H and O–H groups in total. The minimum absolute atomic E-state index is 0.169. The van der Waals surface area contributed by atoms with Crippen LogP contribution in [-0.4, -0.2) is 27.0 Å². The van der Waals surface area contributed by atoms with Crippen molar-refractivity contribution >= 4 is 5.95 Å². The first-order valence-corrected chi connectivity index (χ1v) is 6.03. The summed E-state index contributed by atoms with van der Waals surface area (Å²) in [5, 5.41) is 3.16. The van der Waals surface area contributed by atoms with E-state index in [0.717, 1.165) is 24.2 Å². The van der Waals surface area contributed by atoms with Gasteiger partial charge in [0.15, 0.2) is 0 Å². The summed E-state index contributed by atoms with van der Waals surface area (Å²) >= 11 is 0. The van der Waals surface area contributed by atoms with Gasteiger partial charge in [-0.25, -0.2) is 9.97 Å². The molecule has 2 aromatic rings. The molecular formula is C13H19N5. The van der Waals surface area contributed by atoms with Gasteiger partial charge in [0.25, 0.3) is 0 Å². The summed E-state index contributed by atoms with van der Waals surface area (Å²) in [5.74, 6) is 0.634. The number of nitrogens with two attached hydrogens (primary N) is 1. The monoisotopic (exact) mass is 245 g/mol. The molecule has 96 valence electrons. The van der Waals surface area contributed by atoms with Crippen LogP contribution in [-0.2, 0) is 0 Å². The van der Waals surface area contributed by atoms with E-state index in [2.05, 4.69) is 20.3 Å². The van der Waals surface area contributed by atoms with Gasteiger partial charge in [0.05, 0.1) is 0 Å². The Labute approximate surface area is 107 Å². The predicted molar refractivity (Wildman–Crippen MR) is 73.2 cm³/mol. The average Bonchev–Trinajstić information content (AvgIpc) is 2.82. The molecule has 5 heteroatoms. The Morgan fingerprint density at radius 3 is 2.61 bits per heavy atom. The first kappa shape index (κ1) is 12.6. The van der Waals surface area contributed by atoms with E-state index in [1.807, 2.05) is 32.2 Å². The fraction of sp³-hybridized carbons (Fsp3) is 0.385. The molecule has 0 radical (unpaired) electrons. The Balaban J connectivity index is 1.92. The number of H-pyrrole nitrogens is 1. The third kappa shape index (κ3) is 3.56. The smallest absolute Gasteiger partial charge is 0.222 e. The molecule has 2 rings (SSSR count). The van der Waals surface area contributed by atoms with Gasteiger partial charge in [0, 0.05) is 41.9 Å². The van der Waals surface area contributed by atoms with Crippen molar-refractivity contribution < 1.29 is 0 Å². The minimum atomic E-state index is -0.169. The van der Waals surface area contributed by atoms with Crippen molar-refractivity contribution in [2.75, 3.05) is 11.9 Å². The van der Waals surface area contributed by atoms with Gasteiger partial charge in [-0.05, 0) is 32.4 Å². The van der Waals surface area contributed by atoms with Gasteiger partial charge < -0.3 is 16.0 Å². The highest BCUT2D eigenvalue weighted by atomic mass is 15.1. The largest absolute Gasteiger partial charge is 0.361 e. The molecule has 0 saturated carbocycles. The quantitative estimate of drug-likeness (QED) is 0.753. The number of nitrogens with one attached hydrogen (secondary N) is 2. The van der Waals surface area contributed by atoms with Gasteiger partial charge in [-0.15, -0.1) is 0 Å². The topological polar surface area (TPSA) is 79.6 Å². The van der Waals surface area contributed by atoms with E-state index in [1.54, 1.807) is 12.4 Å². The SMILES string of the molecule is CC(C)(N)CCNc1ncc(-c2ccc[nH]2)cn1. The molecule has 0 aliphatic heterocycles. The molecule has 0 fully saturated rings. The molecule has 18 heavy (non-hydrogen) atoms. The Morgan fingerprint density at radius 1 is 1.33 bits per heavy atom. The molecule has 0 aliphatic rings. The molecule has 0 saturated heterocycles. The second kappa shape index (κ2) is 5.18. The van der Waals surface area contributed by atoms with Crippen LogP contribution in [0.15, 0.2) is 30.7 Å². The standard InChI is InChI=1S/C13H19N5/c1-13(2,14)5-7-16-12-17-8-10(9-18-12)11-4-3-6-15-11/h3-4,6,8-9,15H,5,7,14H2,1-2H3,(H,16,17,18). The number of hydrogen-bond donors (Lipinski definition) is 3. The van der Waals surface area contributed by atoms with Crippen molar-refractivity contribution in [3.63, 3.8) is 0 Å². The lowest BCUT2D eigenvalue weighted by Crippen LogP contribution is -2.34. The maximum atomic E-state index is 5.90. The minimum Gasteiger partial charge on any atom is -0.361 e. The van der Waals surface area contributed by atoms with Crippen molar-refractivity contribution in [1.82, 2.24) is 15.0 Å².